The number of ether oxygens (including phenoxy) is 2. The lowest BCUT2D eigenvalue weighted by molar-refractivity contribution is -0.274. The minimum atomic E-state index is -4.70. The monoisotopic (exact) mass is 446 g/mol. The minimum absolute atomic E-state index is 0.264. The van der Waals surface area contributed by atoms with Crippen LogP contribution in [0.15, 0.2) is 42.5 Å². The Morgan fingerprint density at radius 1 is 0.844 bits per heavy atom. The average molecular weight is 446 g/mol. The molecule has 6 nitrogen and oxygen atoms in total. The second-order valence-corrected chi connectivity index (χ2v) is 8.14. The highest BCUT2D eigenvalue weighted by atomic mass is 19.4. The Hall–Kier alpha value is -3.10. The molecule has 3 aromatic rings. The molecule has 0 unspecified atom stereocenters. The standard InChI is InChI=1S/C23H25F3N4O2/c24-23(25,26)32-19-7-5-18(6-8-19)31-15-14-30-21-9-4-17(28-12-3-13-28)16-20(21)27-22(30)29-10-1-2-11-29/h4-9,16H,1-3,10-15H2. The van der Waals surface area contributed by atoms with Gasteiger partial charge in [-0.3, -0.25) is 0 Å². The molecule has 0 spiro atoms. The van der Waals surface area contributed by atoms with Gasteiger partial charge in [-0.05, 0) is 61.7 Å². The normalized spacial score (nSPS) is 16.5. The Morgan fingerprint density at radius 2 is 1.53 bits per heavy atom. The third-order valence-electron chi connectivity index (χ3n) is 5.96. The lowest BCUT2D eigenvalue weighted by Gasteiger charge is -2.33. The maximum Gasteiger partial charge on any atom is 0.573 e. The van der Waals surface area contributed by atoms with Crippen molar-refractivity contribution in [1.82, 2.24) is 9.55 Å². The van der Waals surface area contributed by atoms with Crippen LogP contribution in [0.2, 0.25) is 0 Å². The second kappa shape index (κ2) is 8.44. The van der Waals surface area contributed by atoms with E-state index in [1.807, 2.05) is 0 Å². The summed E-state index contributed by atoms with van der Waals surface area (Å²) < 4.78 is 48.8. The van der Waals surface area contributed by atoms with Crippen molar-refractivity contribution in [2.24, 2.45) is 0 Å². The van der Waals surface area contributed by atoms with Gasteiger partial charge in [0.2, 0.25) is 5.95 Å². The third kappa shape index (κ3) is 4.42. The molecule has 32 heavy (non-hydrogen) atoms. The van der Waals surface area contributed by atoms with Gasteiger partial charge < -0.3 is 23.8 Å². The summed E-state index contributed by atoms with van der Waals surface area (Å²) in [4.78, 5) is 9.61. The molecule has 2 aromatic carbocycles. The number of hydrogen-bond acceptors (Lipinski definition) is 5. The zero-order valence-corrected chi connectivity index (χ0v) is 17.6. The predicted molar refractivity (Wildman–Crippen MR) is 117 cm³/mol. The summed E-state index contributed by atoms with van der Waals surface area (Å²) in [6, 6.07) is 11.9. The molecule has 0 saturated carbocycles. The molecule has 2 saturated heterocycles. The van der Waals surface area contributed by atoms with Crippen LogP contribution in [-0.4, -0.2) is 48.7 Å². The van der Waals surface area contributed by atoms with Gasteiger partial charge in [-0.25, -0.2) is 4.98 Å². The van der Waals surface area contributed by atoms with Gasteiger partial charge >= 0.3 is 6.36 Å². The highest BCUT2D eigenvalue weighted by Gasteiger charge is 2.31. The summed E-state index contributed by atoms with van der Waals surface area (Å²) in [5.41, 5.74) is 3.25. The van der Waals surface area contributed by atoms with Gasteiger partial charge in [0.05, 0.1) is 17.6 Å². The molecule has 2 aliphatic heterocycles. The van der Waals surface area contributed by atoms with E-state index in [1.54, 1.807) is 0 Å². The van der Waals surface area contributed by atoms with Crippen LogP contribution in [0.25, 0.3) is 11.0 Å². The number of imidazole rings is 1. The van der Waals surface area contributed by atoms with E-state index in [0.717, 1.165) is 56.0 Å². The zero-order valence-electron chi connectivity index (χ0n) is 17.6. The van der Waals surface area contributed by atoms with E-state index in [2.05, 4.69) is 37.3 Å². The first-order chi connectivity index (χ1) is 15.5. The molecule has 0 aliphatic carbocycles. The number of hydrogen-bond donors (Lipinski definition) is 0. The number of benzene rings is 2. The molecule has 1 aromatic heterocycles. The quantitative estimate of drug-likeness (QED) is 0.520. The van der Waals surface area contributed by atoms with Gasteiger partial charge in [0.1, 0.15) is 18.1 Å². The van der Waals surface area contributed by atoms with E-state index >= 15 is 0 Å². The number of aromatic nitrogens is 2. The zero-order chi connectivity index (χ0) is 22.1. The fraction of sp³-hybridized carbons (Fsp3) is 0.435. The Balaban J connectivity index is 1.31. The molecule has 0 atom stereocenters. The molecular formula is C23H25F3N4O2. The molecule has 0 N–H and O–H groups in total. The number of halogens is 3. The number of anilines is 2. The molecule has 2 fully saturated rings. The number of fused-ring (bicyclic) bond motifs is 1. The van der Waals surface area contributed by atoms with Crippen molar-refractivity contribution in [2.75, 3.05) is 42.6 Å². The van der Waals surface area contributed by atoms with Crippen molar-refractivity contribution < 1.29 is 22.6 Å². The Kier molecular flexibility index (Phi) is 5.48. The van der Waals surface area contributed by atoms with E-state index in [0.29, 0.717) is 18.9 Å². The van der Waals surface area contributed by atoms with Crippen molar-refractivity contribution in [3.63, 3.8) is 0 Å². The summed E-state index contributed by atoms with van der Waals surface area (Å²) in [6.45, 7) is 5.12. The van der Waals surface area contributed by atoms with E-state index in [4.69, 9.17) is 9.72 Å². The van der Waals surface area contributed by atoms with Crippen molar-refractivity contribution in [3.05, 3.63) is 42.5 Å². The van der Waals surface area contributed by atoms with Gasteiger partial charge in [-0.1, -0.05) is 0 Å². The molecule has 5 rings (SSSR count). The third-order valence-corrected chi connectivity index (χ3v) is 5.96. The Morgan fingerprint density at radius 3 is 2.19 bits per heavy atom. The van der Waals surface area contributed by atoms with Crippen LogP contribution in [0.3, 0.4) is 0 Å². The molecule has 0 amide bonds. The largest absolute Gasteiger partial charge is 0.573 e. The minimum Gasteiger partial charge on any atom is -0.492 e. The number of alkyl halides is 3. The number of rotatable bonds is 7. The van der Waals surface area contributed by atoms with Crippen LogP contribution in [-0.2, 0) is 6.54 Å². The first-order valence-electron chi connectivity index (χ1n) is 11.0. The highest BCUT2D eigenvalue weighted by Crippen LogP contribution is 2.30. The molecule has 0 bridgehead atoms. The van der Waals surface area contributed by atoms with Crippen LogP contribution in [0.1, 0.15) is 19.3 Å². The van der Waals surface area contributed by atoms with Crippen LogP contribution in [0.4, 0.5) is 24.8 Å². The van der Waals surface area contributed by atoms with Gasteiger partial charge in [0.25, 0.3) is 0 Å². The summed E-state index contributed by atoms with van der Waals surface area (Å²) in [5.74, 6) is 1.18. The Labute approximate surface area is 184 Å². The van der Waals surface area contributed by atoms with Crippen molar-refractivity contribution in [1.29, 1.82) is 0 Å². The fourth-order valence-electron chi connectivity index (χ4n) is 4.25. The second-order valence-electron chi connectivity index (χ2n) is 8.14. The smallest absolute Gasteiger partial charge is 0.492 e. The molecule has 170 valence electrons. The van der Waals surface area contributed by atoms with Gasteiger partial charge in [0.15, 0.2) is 0 Å². The summed E-state index contributed by atoms with van der Waals surface area (Å²) in [7, 11) is 0. The lowest BCUT2D eigenvalue weighted by atomic mass is 10.1. The van der Waals surface area contributed by atoms with Crippen molar-refractivity contribution in [2.45, 2.75) is 32.2 Å². The van der Waals surface area contributed by atoms with Crippen LogP contribution in [0, 0.1) is 0 Å². The Bertz CT molecular complexity index is 1070. The topological polar surface area (TPSA) is 42.8 Å². The van der Waals surface area contributed by atoms with Crippen LogP contribution < -0.4 is 19.3 Å². The van der Waals surface area contributed by atoms with Crippen LogP contribution >= 0.6 is 0 Å². The van der Waals surface area contributed by atoms with E-state index < -0.39 is 6.36 Å². The summed E-state index contributed by atoms with van der Waals surface area (Å²) in [6.07, 6.45) is -1.16. The molecule has 3 heterocycles. The SMILES string of the molecule is FC(F)(F)Oc1ccc(OCCn2c(N3CCCC3)nc3cc(N4CCC4)ccc32)cc1. The van der Waals surface area contributed by atoms with Gasteiger partial charge in [-0.2, -0.15) is 0 Å². The first kappa shape index (κ1) is 20.8. The van der Waals surface area contributed by atoms with Gasteiger partial charge in [-0.15, -0.1) is 13.2 Å². The summed E-state index contributed by atoms with van der Waals surface area (Å²) in [5, 5.41) is 0. The fourth-order valence-corrected chi connectivity index (χ4v) is 4.25. The highest BCUT2D eigenvalue weighted by molar-refractivity contribution is 5.83. The predicted octanol–water partition coefficient (Wildman–Crippen LogP) is 4.82. The molecule has 9 heteroatoms. The van der Waals surface area contributed by atoms with Crippen molar-refractivity contribution >= 4 is 22.7 Å². The molecular weight excluding hydrogens is 421 g/mol. The number of nitrogens with zero attached hydrogens (tertiary/aromatic N) is 4. The van der Waals surface area contributed by atoms with E-state index in [1.165, 1.54) is 36.4 Å². The maximum atomic E-state index is 12.3. The average Bonchev–Trinajstić information content (AvgIpc) is 3.35. The van der Waals surface area contributed by atoms with E-state index in [9.17, 15) is 13.2 Å². The van der Waals surface area contributed by atoms with E-state index in [-0.39, 0.29) is 5.75 Å². The van der Waals surface area contributed by atoms with Gasteiger partial charge in [0, 0.05) is 31.9 Å². The molecule has 2 aliphatic rings. The maximum absolute atomic E-state index is 12.3. The lowest BCUT2D eigenvalue weighted by Crippen LogP contribution is -2.36. The van der Waals surface area contributed by atoms with Crippen molar-refractivity contribution in [3.8, 4) is 11.5 Å². The van der Waals surface area contributed by atoms with Crippen LogP contribution in [0.5, 0.6) is 11.5 Å². The first-order valence-corrected chi connectivity index (χ1v) is 11.0. The molecule has 0 radical (unpaired) electrons. The summed E-state index contributed by atoms with van der Waals surface area (Å²) >= 11 is 0.